The van der Waals surface area contributed by atoms with Crippen LogP contribution in [0.1, 0.15) is 17.7 Å². The smallest absolute Gasteiger partial charge is 0.238 e. The van der Waals surface area contributed by atoms with E-state index < -0.39 is 0 Å². The second kappa shape index (κ2) is 10.8. The van der Waals surface area contributed by atoms with Crippen LogP contribution in [0.25, 0.3) is 22.2 Å². The number of aromatic nitrogens is 6. The first-order chi connectivity index (χ1) is 19.4. The highest BCUT2D eigenvalue weighted by Gasteiger charge is 2.24. The lowest BCUT2D eigenvalue weighted by Crippen LogP contribution is -2.33. The Morgan fingerprint density at radius 3 is 2.83 bits per heavy atom. The van der Waals surface area contributed by atoms with E-state index in [4.69, 9.17) is 4.98 Å². The van der Waals surface area contributed by atoms with Gasteiger partial charge in [-0.3, -0.25) is 19.4 Å². The van der Waals surface area contributed by atoms with Gasteiger partial charge >= 0.3 is 0 Å². The van der Waals surface area contributed by atoms with Crippen LogP contribution in [-0.4, -0.2) is 66.2 Å². The second-order valence-electron chi connectivity index (χ2n) is 10.2. The number of hydrogen-bond donors (Lipinski definition) is 4. The number of nitrogens with zero attached hydrogens (tertiary/aromatic N) is 6. The van der Waals surface area contributed by atoms with Crippen molar-refractivity contribution >= 4 is 40.0 Å². The molecule has 4 N–H and O–H groups in total. The molecular weight excluding hydrogens is 504 g/mol. The fourth-order valence-electron chi connectivity index (χ4n) is 5.14. The number of fused-ring (bicyclic) bond motifs is 1. The van der Waals surface area contributed by atoms with Crippen LogP contribution >= 0.6 is 0 Å². The molecule has 1 saturated heterocycles. The summed E-state index contributed by atoms with van der Waals surface area (Å²) >= 11 is 0. The lowest BCUT2D eigenvalue weighted by atomic mass is 10.1. The molecule has 0 bridgehead atoms. The molecular formula is C29H32N10O. The van der Waals surface area contributed by atoms with Crippen LogP contribution in [0.15, 0.2) is 61.2 Å². The number of pyridine rings is 1. The van der Waals surface area contributed by atoms with Crippen molar-refractivity contribution in [3.05, 3.63) is 72.4 Å². The molecule has 1 aliphatic heterocycles. The minimum atomic E-state index is -0.0384. The molecule has 1 aromatic carbocycles. The maximum atomic E-state index is 13.0. The number of aromatic amines is 1. The number of H-pyrrole nitrogens is 1. The monoisotopic (exact) mass is 536 g/mol. The fraction of sp³-hybridized carbons (Fsp3) is 0.276. The number of para-hydroxylation sites is 1. The van der Waals surface area contributed by atoms with Gasteiger partial charge in [0.1, 0.15) is 0 Å². The Morgan fingerprint density at radius 2 is 2.02 bits per heavy atom. The summed E-state index contributed by atoms with van der Waals surface area (Å²) in [5.74, 6) is 1.12. The van der Waals surface area contributed by atoms with Gasteiger partial charge in [0, 0.05) is 79.4 Å². The topological polar surface area (TPSA) is 129 Å². The van der Waals surface area contributed by atoms with Crippen molar-refractivity contribution in [2.45, 2.75) is 26.3 Å². The van der Waals surface area contributed by atoms with Gasteiger partial charge in [-0.1, -0.05) is 12.1 Å². The fourth-order valence-corrected chi connectivity index (χ4v) is 5.14. The van der Waals surface area contributed by atoms with Crippen molar-refractivity contribution in [1.29, 1.82) is 0 Å². The number of rotatable bonds is 8. The average molecular weight is 537 g/mol. The third-order valence-corrected chi connectivity index (χ3v) is 7.26. The minimum Gasteiger partial charge on any atom is -0.381 e. The van der Waals surface area contributed by atoms with Gasteiger partial charge < -0.3 is 20.9 Å². The van der Waals surface area contributed by atoms with Crippen LogP contribution in [0.3, 0.4) is 0 Å². The van der Waals surface area contributed by atoms with Crippen molar-refractivity contribution in [2.75, 3.05) is 35.6 Å². The molecule has 11 nitrogen and oxygen atoms in total. The van der Waals surface area contributed by atoms with E-state index in [-0.39, 0.29) is 5.91 Å². The molecule has 5 aromatic rings. The van der Waals surface area contributed by atoms with Gasteiger partial charge in [-0.05, 0) is 44.0 Å². The van der Waals surface area contributed by atoms with Gasteiger partial charge in [0.05, 0.1) is 23.4 Å². The van der Waals surface area contributed by atoms with Crippen molar-refractivity contribution < 1.29 is 4.79 Å². The van der Waals surface area contributed by atoms with Crippen molar-refractivity contribution in [3.63, 3.8) is 0 Å². The highest BCUT2D eigenvalue weighted by molar-refractivity contribution is 6.06. The normalized spacial score (nSPS) is 15.4. The Labute approximate surface area is 232 Å². The molecule has 6 rings (SSSR count). The van der Waals surface area contributed by atoms with Crippen LogP contribution in [-0.2, 0) is 11.8 Å². The summed E-state index contributed by atoms with van der Waals surface area (Å²) < 4.78 is 1.80. The van der Waals surface area contributed by atoms with Gasteiger partial charge in [0.25, 0.3) is 0 Å². The first-order valence-electron chi connectivity index (χ1n) is 13.3. The summed E-state index contributed by atoms with van der Waals surface area (Å²) in [5, 5.41) is 15.2. The molecule has 0 radical (unpaired) electrons. The molecule has 0 aliphatic carbocycles. The predicted molar refractivity (Wildman–Crippen MR) is 157 cm³/mol. The molecule has 1 atom stereocenters. The third kappa shape index (κ3) is 5.36. The molecule has 5 heterocycles. The minimum absolute atomic E-state index is 0.0384. The largest absolute Gasteiger partial charge is 0.381 e. The summed E-state index contributed by atoms with van der Waals surface area (Å²) in [6, 6.07) is 12.1. The van der Waals surface area contributed by atoms with Crippen molar-refractivity contribution in [2.24, 2.45) is 7.05 Å². The predicted octanol–water partition coefficient (Wildman–Crippen LogP) is 4.24. The zero-order valence-corrected chi connectivity index (χ0v) is 22.8. The maximum absolute atomic E-state index is 13.0. The van der Waals surface area contributed by atoms with Gasteiger partial charge in [-0.15, -0.1) is 0 Å². The number of carbonyl (C=O) groups is 1. The summed E-state index contributed by atoms with van der Waals surface area (Å²) in [4.78, 5) is 31.9. The SMILES string of the molecule is Cc1cnc(Nc2cc(C)n(C)n2)nc1-c1c[nH]c2c(NC(=O)CN3CCC(Nc4ccncc4)C3)cccc12. The average Bonchev–Trinajstić information content (AvgIpc) is 3.65. The van der Waals surface area contributed by atoms with E-state index in [9.17, 15) is 4.79 Å². The Balaban J connectivity index is 1.15. The number of carbonyl (C=O) groups excluding carboxylic acids is 1. The number of hydrogen-bond acceptors (Lipinski definition) is 8. The maximum Gasteiger partial charge on any atom is 0.238 e. The molecule has 1 amide bonds. The van der Waals surface area contributed by atoms with Crippen LogP contribution in [0.5, 0.6) is 0 Å². The number of likely N-dealkylation sites (tertiary alicyclic amines) is 1. The molecule has 0 saturated carbocycles. The molecule has 1 aliphatic rings. The zero-order chi connectivity index (χ0) is 27.6. The van der Waals surface area contributed by atoms with Crippen LogP contribution < -0.4 is 16.0 Å². The van der Waals surface area contributed by atoms with Gasteiger partial charge in [-0.25, -0.2) is 9.97 Å². The van der Waals surface area contributed by atoms with Gasteiger partial charge in [0.2, 0.25) is 11.9 Å². The summed E-state index contributed by atoms with van der Waals surface area (Å²) in [6.07, 6.45) is 8.28. The van der Waals surface area contributed by atoms with E-state index in [1.165, 1.54) is 0 Å². The summed E-state index contributed by atoms with van der Waals surface area (Å²) in [7, 11) is 1.90. The summed E-state index contributed by atoms with van der Waals surface area (Å²) in [6.45, 7) is 6.00. The van der Waals surface area contributed by atoms with E-state index in [2.05, 4.69) is 40.9 Å². The second-order valence-corrected chi connectivity index (χ2v) is 10.2. The summed E-state index contributed by atoms with van der Waals surface area (Å²) in [5.41, 5.74) is 6.38. The highest BCUT2D eigenvalue weighted by Crippen LogP contribution is 2.33. The van der Waals surface area contributed by atoms with Crippen molar-refractivity contribution in [3.8, 4) is 11.3 Å². The van der Waals surface area contributed by atoms with E-state index in [0.29, 0.717) is 24.4 Å². The standard InChI is InChI=1S/C29H32N10O/c1-18-14-32-29(35-25-13-19(2)38(3)37-25)36-27(18)23-15-31-28-22(23)5-4-6-24(28)34-26(40)17-39-12-9-21(16-39)33-20-7-10-30-11-8-20/h4-8,10-11,13-15,21,31H,9,12,16-17H2,1-3H3,(H,30,33)(H,34,40)(H,32,35,36,37). The van der Waals surface area contributed by atoms with Crippen LogP contribution in [0.2, 0.25) is 0 Å². The molecule has 4 aromatic heterocycles. The van der Waals surface area contributed by atoms with E-state index in [0.717, 1.165) is 64.3 Å². The Bertz CT molecular complexity index is 1640. The number of anilines is 4. The third-order valence-electron chi connectivity index (χ3n) is 7.26. The van der Waals surface area contributed by atoms with E-state index in [1.807, 2.05) is 63.5 Å². The quantitative estimate of drug-likeness (QED) is 0.232. The Morgan fingerprint density at radius 1 is 1.18 bits per heavy atom. The molecule has 204 valence electrons. The van der Waals surface area contributed by atoms with Crippen LogP contribution in [0.4, 0.5) is 23.1 Å². The molecule has 0 spiro atoms. The van der Waals surface area contributed by atoms with E-state index >= 15 is 0 Å². The number of nitrogens with one attached hydrogen (secondary N) is 4. The first-order valence-corrected chi connectivity index (χ1v) is 13.3. The number of benzene rings is 1. The van der Waals surface area contributed by atoms with Crippen molar-refractivity contribution in [1.82, 2.24) is 34.6 Å². The molecule has 1 fully saturated rings. The van der Waals surface area contributed by atoms with Gasteiger partial charge in [0.15, 0.2) is 5.82 Å². The van der Waals surface area contributed by atoms with Gasteiger partial charge in [-0.2, -0.15) is 5.10 Å². The van der Waals surface area contributed by atoms with Crippen LogP contribution in [0, 0.1) is 13.8 Å². The number of aryl methyl sites for hydroxylation is 3. The zero-order valence-electron chi connectivity index (χ0n) is 22.8. The van der Waals surface area contributed by atoms with E-state index in [1.54, 1.807) is 23.3 Å². The first kappa shape index (κ1) is 25.5. The Kier molecular flexibility index (Phi) is 6.87. The lowest BCUT2D eigenvalue weighted by Gasteiger charge is -2.17. The lowest BCUT2D eigenvalue weighted by molar-refractivity contribution is -0.117. The molecule has 1 unspecified atom stereocenters. The number of amides is 1. The molecule has 11 heteroatoms. The highest BCUT2D eigenvalue weighted by atomic mass is 16.2. The molecule has 40 heavy (non-hydrogen) atoms. The Hall–Kier alpha value is -4.77.